The number of rotatable bonds is 3. The Morgan fingerprint density at radius 2 is 1.84 bits per heavy atom. The number of aromatic nitrogens is 2. The number of nitrogens with one attached hydrogen (secondary N) is 1. The second-order valence-corrected chi connectivity index (χ2v) is 6.24. The molecule has 1 saturated heterocycles. The smallest absolute Gasteiger partial charge is 0.321 e. The van der Waals surface area contributed by atoms with Crippen molar-refractivity contribution in [3.05, 3.63) is 78.6 Å². The molecule has 5 heteroatoms. The Balaban J connectivity index is 1.47. The van der Waals surface area contributed by atoms with Gasteiger partial charge in [0, 0.05) is 31.4 Å². The lowest BCUT2D eigenvalue weighted by Gasteiger charge is -2.19. The molecule has 0 unspecified atom stereocenters. The molecule has 1 atom stereocenters. The van der Waals surface area contributed by atoms with E-state index in [1.807, 2.05) is 47.5 Å². The standard InChI is InChI=1S/C20H20N4O/c25-20(23-14-11-17(15-23)16-7-2-1-3-8-16)22-18-9-4-5-10-19(18)24-13-6-12-21-24/h1-10,12-13,17H,11,14-15H2,(H,22,25)/t17-/m0/s1. The molecule has 126 valence electrons. The highest BCUT2D eigenvalue weighted by Crippen LogP contribution is 2.28. The van der Waals surface area contributed by atoms with Crippen LogP contribution >= 0.6 is 0 Å². The Kier molecular flexibility index (Phi) is 4.21. The molecule has 0 saturated carbocycles. The third-order valence-corrected chi connectivity index (χ3v) is 4.64. The average Bonchev–Trinajstić information content (AvgIpc) is 3.35. The van der Waals surface area contributed by atoms with E-state index >= 15 is 0 Å². The van der Waals surface area contributed by atoms with Crippen molar-refractivity contribution in [3.63, 3.8) is 0 Å². The minimum atomic E-state index is -0.0574. The largest absolute Gasteiger partial charge is 0.324 e. The Bertz CT molecular complexity index is 845. The van der Waals surface area contributed by atoms with Crippen LogP contribution in [0.15, 0.2) is 73.1 Å². The molecule has 1 aromatic heterocycles. The third kappa shape index (κ3) is 3.26. The Hall–Kier alpha value is -3.08. The molecule has 5 nitrogen and oxygen atoms in total. The Morgan fingerprint density at radius 1 is 1.04 bits per heavy atom. The summed E-state index contributed by atoms with van der Waals surface area (Å²) in [5, 5.41) is 7.29. The fraction of sp³-hybridized carbons (Fsp3) is 0.200. The lowest BCUT2D eigenvalue weighted by Crippen LogP contribution is -2.33. The SMILES string of the molecule is O=C(Nc1ccccc1-n1cccn1)N1CC[C@H](c2ccccc2)C1. The number of urea groups is 1. The minimum absolute atomic E-state index is 0.0574. The van der Waals surface area contributed by atoms with Crippen molar-refractivity contribution >= 4 is 11.7 Å². The molecule has 4 rings (SSSR count). The van der Waals surface area contributed by atoms with E-state index in [1.54, 1.807) is 10.9 Å². The van der Waals surface area contributed by atoms with Gasteiger partial charge in [-0.2, -0.15) is 5.10 Å². The number of anilines is 1. The number of carbonyl (C=O) groups excluding carboxylic acids is 1. The van der Waals surface area contributed by atoms with E-state index in [0.717, 1.165) is 30.9 Å². The van der Waals surface area contributed by atoms with Gasteiger partial charge in [-0.15, -0.1) is 0 Å². The molecule has 1 fully saturated rings. The number of amides is 2. The van der Waals surface area contributed by atoms with Gasteiger partial charge in [0.05, 0.1) is 11.4 Å². The van der Waals surface area contributed by atoms with Crippen LogP contribution in [0.5, 0.6) is 0 Å². The Labute approximate surface area is 146 Å². The van der Waals surface area contributed by atoms with Crippen LogP contribution in [-0.4, -0.2) is 33.8 Å². The maximum atomic E-state index is 12.7. The van der Waals surface area contributed by atoms with Gasteiger partial charge in [-0.25, -0.2) is 9.48 Å². The fourth-order valence-corrected chi connectivity index (χ4v) is 3.33. The van der Waals surface area contributed by atoms with Crippen LogP contribution in [0.3, 0.4) is 0 Å². The van der Waals surface area contributed by atoms with Crippen LogP contribution in [0.1, 0.15) is 17.9 Å². The molecule has 1 aliphatic rings. The summed E-state index contributed by atoms with van der Waals surface area (Å²) in [6.07, 6.45) is 4.59. The number of hydrogen-bond acceptors (Lipinski definition) is 2. The number of para-hydroxylation sites is 2. The van der Waals surface area contributed by atoms with Crippen LogP contribution in [0.2, 0.25) is 0 Å². The van der Waals surface area contributed by atoms with Crippen LogP contribution in [0, 0.1) is 0 Å². The van der Waals surface area contributed by atoms with Gasteiger partial charge >= 0.3 is 6.03 Å². The zero-order valence-corrected chi connectivity index (χ0v) is 13.9. The Morgan fingerprint density at radius 3 is 2.64 bits per heavy atom. The molecule has 0 bridgehead atoms. The lowest BCUT2D eigenvalue weighted by molar-refractivity contribution is 0.222. The number of nitrogens with zero attached hydrogens (tertiary/aromatic N) is 3. The number of likely N-dealkylation sites (tertiary alicyclic amines) is 1. The molecule has 2 amide bonds. The predicted octanol–water partition coefficient (Wildman–Crippen LogP) is 3.89. The normalized spacial score (nSPS) is 16.8. The topological polar surface area (TPSA) is 50.2 Å². The van der Waals surface area contributed by atoms with E-state index < -0.39 is 0 Å². The van der Waals surface area contributed by atoms with Crippen molar-refractivity contribution in [2.24, 2.45) is 0 Å². The highest BCUT2D eigenvalue weighted by Gasteiger charge is 2.27. The average molecular weight is 332 g/mol. The van der Waals surface area contributed by atoms with Crippen molar-refractivity contribution in [2.45, 2.75) is 12.3 Å². The van der Waals surface area contributed by atoms with Crippen molar-refractivity contribution in [3.8, 4) is 5.69 Å². The van der Waals surface area contributed by atoms with Crippen LogP contribution in [-0.2, 0) is 0 Å². The zero-order valence-electron chi connectivity index (χ0n) is 13.9. The second kappa shape index (κ2) is 6.81. The number of hydrogen-bond donors (Lipinski definition) is 1. The van der Waals surface area contributed by atoms with E-state index in [0.29, 0.717) is 5.92 Å². The van der Waals surface area contributed by atoms with Gasteiger partial charge in [0.2, 0.25) is 0 Å². The predicted molar refractivity (Wildman–Crippen MR) is 98.0 cm³/mol. The zero-order chi connectivity index (χ0) is 17.1. The summed E-state index contributed by atoms with van der Waals surface area (Å²) in [4.78, 5) is 14.6. The number of carbonyl (C=O) groups is 1. The molecule has 0 aliphatic carbocycles. The number of benzene rings is 2. The minimum Gasteiger partial charge on any atom is -0.324 e. The van der Waals surface area contributed by atoms with Gasteiger partial charge in [0.15, 0.2) is 0 Å². The van der Waals surface area contributed by atoms with Gasteiger partial charge in [-0.1, -0.05) is 42.5 Å². The van der Waals surface area contributed by atoms with Gasteiger partial charge in [-0.05, 0) is 30.2 Å². The van der Waals surface area contributed by atoms with Gasteiger partial charge in [0.25, 0.3) is 0 Å². The monoisotopic (exact) mass is 332 g/mol. The van der Waals surface area contributed by atoms with E-state index in [-0.39, 0.29) is 6.03 Å². The van der Waals surface area contributed by atoms with Crippen molar-refractivity contribution in [2.75, 3.05) is 18.4 Å². The first kappa shape index (κ1) is 15.4. The molecule has 0 radical (unpaired) electrons. The van der Waals surface area contributed by atoms with E-state index in [1.165, 1.54) is 5.56 Å². The third-order valence-electron chi connectivity index (χ3n) is 4.64. The first-order valence-corrected chi connectivity index (χ1v) is 8.51. The summed E-state index contributed by atoms with van der Waals surface area (Å²) in [6, 6.07) is 19.9. The fourth-order valence-electron chi connectivity index (χ4n) is 3.33. The molecule has 3 aromatic rings. The summed E-state index contributed by atoms with van der Waals surface area (Å²) in [6.45, 7) is 1.52. The highest BCUT2D eigenvalue weighted by molar-refractivity contribution is 5.91. The molecule has 25 heavy (non-hydrogen) atoms. The molecule has 0 spiro atoms. The van der Waals surface area contributed by atoms with Crippen LogP contribution in [0.25, 0.3) is 5.69 Å². The lowest BCUT2D eigenvalue weighted by atomic mass is 9.99. The van der Waals surface area contributed by atoms with E-state index in [2.05, 4.69) is 34.7 Å². The molecular formula is C20H20N4O. The molecule has 2 aromatic carbocycles. The summed E-state index contributed by atoms with van der Waals surface area (Å²) in [5.41, 5.74) is 2.92. The van der Waals surface area contributed by atoms with Crippen molar-refractivity contribution in [1.82, 2.24) is 14.7 Å². The van der Waals surface area contributed by atoms with Gasteiger partial charge < -0.3 is 10.2 Å². The summed E-state index contributed by atoms with van der Waals surface area (Å²) >= 11 is 0. The van der Waals surface area contributed by atoms with Crippen LogP contribution in [0.4, 0.5) is 10.5 Å². The maximum absolute atomic E-state index is 12.7. The van der Waals surface area contributed by atoms with Crippen molar-refractivity contribution < 1.29 is 4.79 Å². The maximum Gasteiger partial charge on any atom is 0.321 e. The summed E-state index contributed by atoms with van der Waals surface area (Å²) in [7, 11) is 0. The van der Waals surface area contributed by atoms with E-state index in [4.69, 9.17) is 0 Å². The molecule has 1 aliphatic heterocycles. The van der Waals surface area contributed by atoms with Gasteiger partial charge in [-0.3, -0.25) is 0 Å². The highest BCUT2D eigenvalue weighted by atomic mass is 16.2. The summed E-state index contributed by atoms with van der Waals surface area (Å²) in [5.74, 6) is 0.410. The van der Waals surface area contributed by atoms with Crippen LogP contribution < -0.4 is 5.32 Å². The molecule has 2 heterocycles. The van der Waals surface area contributed by atoms with Crippen molar-refractivity contribution in [1.29, 1.82) is 0 Å². The first-order valence-electron chi connectivity index (χ1n) is 8.51. The van der Waals surface area contributed by atoms with Gasteiger partial charge in [0.1, 0.15) is 0 Å². The first-order chi connectivity index (χ1) is 12.3. The second-order valence-electron chi connectivity index (χ2n) is 6.24. The summed E-state index contributed by atoms with van der Waals surface area (Å²) < 4.78 is 1.76. The molecule has 1 N–H and O–H groups in total. The molecular weight excluding hydrogens is 312 g/mol. The van der Waals surface area contributed by atoms with E-state index in [9.17, 15) is 4.79 Å². The quantitative estimate of drug-likeness (QED) is 0.791.